The molecule has 1 aromatic heterocycles. The van der Waals surface area contributed by atoms with Gasteiger partial charge in [-0.05, 0) is 28.3 Å². The third-order valence-corrected chi connectivity index (χ3v) is 5.26. The van der Waals surface area contributed by atoms with Gasteiger partial charge < -0.3 is 0 Å². The van der Waals surface area contributed by atoms with Gasteiger partial charge in [0.05, 0.1) is 0 Å². The van der Waals surface area contributed by atoms with Crippen LogP contribution >= 0.6 is 11.3 Å². The molecule has 98 valence electrons. The quantitative estimate of drug-likeness (QED) is 0.381. The highest BCUT2D eigenvalue weighted by Crippen LogP contribution is 2.39. The van der Waals surface area contributed by atoms with Crippen molar-refractivity contribution in [1.29, 1.82) is 0 Å². The fourth-order valence-electron chi connectivity index (χ4n) is 2.88. The Kier molecular flexibility index (Phi) is 2.58. The van der Waals surface area contributed by atoms with E-state index >= 15 is 0 Å². The summed E-state index contributed by atoms with van der Waals surface area (Å²) in [7, 11) is 0. The van der Waals surface area contributed by atoms with E-state index < -0.39 is 0 Å². The van der Waals surface area contributed by atoms with Gasteiger partial charge in [0.15, 0.2) is 0 Å². The maximum absolute atomic E-state index is 2.36. The smallest absolute Gasteiger partial charge is 0.0433 e. The minimum Gasteiger partial charge on any atom is -0.135 e. The molecule has 20 heavy (non-hydrogen) atoms. The predicted molar refractivity (Wildman–Crippen MR) is 90.9 cm³/mol. The van der Waals surface area contributed by atoms with E-state index in [-0.39, 0.29) is 0 Å². The molecular weight excluding hydrogens is 260 g/mol. The molecule has 4 rings (SSSR count). The molecule has 0 unspecified atom stereocenters. The van der Waals surface area contributed by atoms with E-state index in [0.717, 1.165) is 0 Å². The second kappa shape index (κ2) is 4.32. The number of rotatable bonds is 1. The lowest BCUT2D eigenvalue weighted by Crippen LogP contribution is -1.84. The molecule has 1 heteroatoms. The van der Waals surface area contributed by atoms with E-state index in [4.69, 9.17) is 0 Å². The maximum Gasteiger partial charge on any atom is 0.0433 e. The summed E-state index contributed by atoms with van der Waals surface area (Å²) in [4.78, 5) is 0. The highest BCUT2D eigenvalue weighted by Gasteiger charge is 2.09. The van der Waals surface area contributed by atoms with Gasteiger partial charge in [-0.3, -0.25) is 0 Å². The Morgan fingerprint density at radius 2 is 1.60 bits per heavy atom. The Balaban J connectivity index is 2.15. The molecule has 0 amide bonds. The summed E-state index contributed by atoms with van der Waals surface area (Å²) < 4.78 is 2.82. The van der Waals surface area contributed by atoms with E-state index in [1.54, 1.807) is 0 Å². The van der Waals surface area contributed by atoms with Crippen LogP contribution in [-0.4, -0.2) is 0 Å². The third-order valence-electron chi connectivity index (χ3n) is 4.05. The van der Waals surface area contributed by atoms with Crippen molar-refractivity contribution < 1.29 is 0 Å². The molecular formula is C19H16S. The first-order valence-electron chi connectivity index (χ1n) is 7.08. The van der Waals surface area contributed by atoms with Crippen LogP contribution in [0.15, 0.2) is 54.6 Å². The fraction of sp³-hybridized carbons (Fsp3) is 0.158. The summed E-state index contributed by atoms with van der Waals surface area (Å²) in [5, 5.41) is 5.48. The van der Waals surface area contributed by atoms with Gasteiger partial charge in [0, 0.05) is 20.2 Å². The lowest BCUT2D eigenvalue weighted by molar-refractivity contribution is 0.869. The highest BCUT2D eigenvalue weighted by atomic mass is 32.1. The summed E-state index contributed by atoms with van der Waals surface area (Å²) in [6.07, 6.45) is 0. The van der Waals surface area contributed by atoms with Crippen molar-refractivity contribution in [2.45, 2.75) is 19.8 Å². The van der Waals surface area contributed by atoms with Crippen molar-refractivity contribution in [1.82, 2.24) is 0 Å². The SMILES string of the molecule is CC(C)c1ccc2c(c1)sc1c3ccccc3ccc21. The first-order valence-corrected chi connectivity index (χ1v) is 7.89. The molecule has 0 N–H and O–H groups in total. The molecule has 0 saturated heterocycles. The first kappa shape index (κ1) is 11.9. The average Bonchev–Trinajstić information content (AvgIpc) is 2.85. The summed E-state index contributed by atoms with van der Waals surface area (Å²) in [5.74, 6) is 0.585. The van der Waals surface area contributed by atoms with Crippen molar-refractivity contribution >= 4 is 42.3 Å². The van der Waals surface area contributed by atoms with E-state index in [1.807, 2.05) is 11.3 Å². The van der Waals surface area contributed by atoms with Crippen LogP contribution in [0.2, 0.25) is 0 Å². The molecule has 0 fully saturated rings. The summed E-state index contributed by atoms with van der Waals surface area (Å²) >= 11 is 1.92. The van der Waals surface area contributed by atoms with Gasteiger partial charge in [0.25, 0.3) is 0 Å². The van der Waals surface area contributed by atoms with Crippen LogP contribution in [0.3, 0.4) is 0 Å². The van der Waals surface area contributed by atoms with E-state index in [9.17, 15) is 0 Å². The van der Waals surface area contributed by atoms with Crippen molar-refractivity contribution in [2.24, 2.45) is 0 Å². The molecule has 1 heterocycles. The Labute approximate surface area is 122 Å². The number of thiophene rings is 1. The zero-order chi connectivity index (χ0) is 13.7. The standard InChI is InChI=1S/C19H16S/c1-12(2)14-8-9-16-17-10-7-13-5-3-4-6-15(13)19(17)20-18(16)11-14/h3-12H,1-2H3. The number of benzene rings is 3. The van der Waals surface area contributed by atoms with Gasteiger partial charge in [-0.1, -0.05) is 62.4 Å². The van der Waals surface area contributed by atoms with Crippen LogP contribution < -0.4 is 0 Å². The first-order chi connectivity index (χ1) is 9.74. The largest absolute Gasteiger partial charge is 0.135 e. The lowest BCUT2D eigenvalue weighted by Gasteiger charge is -2.04. The van der Waals surface area contributed by atoms with Crippen LogP contribution in [0, 0.1) is 0 Å². The predicted octanol–water partition coefficient (Wildman–Crippen LogP) is 6.33. The monoisotopic (exact) mass is 276 g/mol. The second-order valence-corrected chi connectivity index (χ2v) is 6.73. The average molecular weight is 276 g/mol. The van der Waals surface area contributed by atoms with Crippen molar-refractivity contribution in [3.05, 3.63) is 60.2 Å². The van der Waals surface area contributed by atoms with E-state index in [1.165, 1.54) is 36.5 Å². The molecule has 3 aromatic carbocycles. The zero-order valence-electron chi connectivity index (χ0n) is 11.7. The van der Waals surface area contributed by atoms with Crippen LogP contribution in [0.4, 0.5) is 0 Å². The molecule has 0 aliphatic carbocycles. The van der Waals surface area contributed by atoms with Gasteiger partial charge in [0.1, 0.15) is 0 Å². The summed E-state index contributed by atoms with van der Waals surface area (Å²) in [6, 6.07) is 20.1. The van der Waals surface area contributed by atoms with Crippen LogP contribution in [0.25, 0.3) is 30.9 Å². The second-order valence-electron chi connectivity index (χ2n) is 5.68. The van der Waals surface area contributed by atoms with Crippen LogP contribution in [0.1, 0.15) is 25.3 Å². The number of hydrogen-bond acceptors (Lipinski definition) is 1. The van der Waals surface area contributed by atoms with E-state index in [0.29, 0.717) is 5.92 Å². The minimum atomic E-state index is 0.585. The van der Waals surface area contributed by atoms with Gasteiger partial charge in [-0.25, -0.2) is 0 Å². The van der Waals surface area contributed by atoms with Crippen molar-refractivity contribution in [2.75, 3.05) is 0 Å². The van der Waals surface area contributed by atoms with Crippen molar-refractivity contribution in [3.8, 4) is 0 Å². The zero-order valence-corrected chi connectivity index (χ0v) is 12.5. The van der Waals surface area contributed by atoms with Crippen LogP contribution in [0.5, 0.6) is 0 Å². The van der Waals surface area contributed by atoms with Crippen LogP contribution in [-0.2, 0) is 0 Å². The molecule has 4 aromatic rings. The minimum absolute atomic E-state index is 0.585. The Morgan fingerprint density at radius 1 is 0.800 bits per heavy atom. The molecule has 0 aliphatic heterocycles. The number of fused-ring (bicyclic) bond motifs is 5. The highest BCUT2D eigenvalue weighted by molar-refractivity contribution is 7.26. The summed E-state index contributed by atoms with van der Waals surface area (Å²) in [5.41, 5.74) is 1.42. The fourth-order valence-corrected chi connectivity index (χ4v) is 4.17. The molecule has 0 atom stereocenters. The lowest BCUT2D eigenvalue weighted by atomic mass is 10.0. The number of hydrogen-bond donors (Lipinski definition) is 0. The van der Waals surface area contributed by atoms with Gasteiger partial charge in [0.2, 0.25) is 0 Å². The molecule has 0 spiro atoms. The molecule has 0 radical (unpaired) electrons. The maximum atomic E-state index is 2.36. The Hall–Kier alpha value is -1.86. The summed E-state index contributed by atoms with van der Waals surface area (Å²) in [6.45, 7) is 4.51. The normalized spacial score (nSPS) is 11.9. The molecule has 0 aliphatic rings. The molecule has 0 bridgehead atoms. The van der Waals surface area contributed by atoms with Gasteiger partial charge in [-0.2, -0.15) is 0 Å². The van der Waals surface area contributed by atoms with Gasteiger partial charge in [-0.15, -0.1) is 11.3 Å². The third kappa shape index (κ3) is 1.66. The van der Waals surface area contributed by atoms with Gasteiger partial charge >= 0.3 is 0 Å². The molecule has 0 nitrogen and oxygen atoms in total. The molecule has 0 saturated carbocycles. The topological polar surface area (TPSA) is 0 Å². The Bertz CT molecular complexity index is 928. The van der Waals surface area contributed by atoms with E-state index in [2.05, 4.69) is 68.4 Å². The Morgan fingerprint density at radius 3 is 2.45 bits per heavy atom. The van der Waals surface area contributed by atoms with Crippen molar-refractivity contribution in [3.63, 3.8) is 0 Å².